The molecule has 0 aliphatic heterocycles. The van der Waals surface area contributed by atoms with Crippen molar-refractivity contribution in [3.8, 4) is 100 Å². The minimum atomic E-state index is -0.304. The number of benzene rings is 18. The van der Waals surface area contributed by atoms with Crippen LogP contribution in [0, 0.1) is 6.92 Å². The van der Waals surface area contributed by atoms with Crippen molar-refractivity contribution in [2.75, 3.05) is 9.80 Å². The highest BCUT2D eigenvalue weighted by molar-refractivity contribution is 6.27. The van der Waals surface area contributed by atoms with Gasteiger partial charge in [-0.2, -0.15) is 0 Å². The lowest BCUT2D eigenvalue weighted by Gasteiger charge is -2.29. The molecule has 0 unspecified atom stereocenters. The molecule has 0 aromatic heterocycles. The molecule has 18 aromatic carbocycles. The third-order valence-electron chi connectivity index (χ3n) is 25.6. The second-order valence-corrected chi connectivity index (χ2v) is 32.7. The molecule has 18 aromatic rings. The SMILES string of the molecule is Cc1ccc(N(c2ccc(-c3ccc4c(c3)C(C)(C)c3ccccc3-4)cc2)c2ccc3c(-c4ccc5c6c(cccc46)-c4ccccc4-5)c4cc(N(c5ccc(-c6ccc7c(c6)C(C)(C)c6ccccc6-7)cc5)c5ccc6ccccc6c5)ccc4c(-c4ccc5c(c4)C(C)(C)c4c-5ccc5ccccc45)c3c2)cc1. The predicted octanol–water partition coefficient (Wildman–Crippen LogP) is 29.9. The number of aryl methyl sites for hydroxylation is 1. The summed E-state index contributed by atoms with van der Waals surface area (Å²) in [7, 11) is 0. The Labute approximate surface area is 643 Å². The molecule has 4 aliphatic rings. The molecule has 0 fully saturated rings. The molecule has 520 valence electrons. The van der Waals surface area contributed by atoms with Gasteiger partial charge in [0.05, 0.1) is 0 Å². The van der Waals surface area contributed by atoms with Gasteiger partial charge in [0, 0.05) is 50.4 Å². The Morgan fingerprint density at radius 1 is 0.200 bits per heavy atom. The Kier molecular flexibility index (Phi) is 13.8. The zero-order valence-electron chi connectivity index (χ0n) is 62.8. The van der Waals surface area contributed by atoms with Crippen molar-refractivity contribution in [2.24, 2.45) is 0 Å². The van der Waals surface area contributed by atoms with Crippen LogP contribution in [0.5, 0.6) is 0 Å². The molecule has 0 heterocycles. The second-order valence-electron chi connectivity index (χ2n) is 32.7. The summed E-state index contributed by atoms with van der Waals surface area (Å²) in [6.07, 6.45) is 0. The van der Waals surface area contributed by atoms with Gasteiger partial charge in [0.15, 0.2) is 0 Å². The monoisotopic (exact) mass is 1400 g/mol. The molecular formula is C108H78N2. The van der Waals surface area contributed by atoms with E-state index in [0.29, 0.717) is 0 Å². The van der Waals surface area contributed by atoms with Gasteiger partial charge in [0.2, 0.25) is 0 Å². The minimum Gasteiger partial charge on any atom is -0.310 e. The lowest BCUT2D eigenvalue weighted by molar-refractivity contribution is 0.660. The molecule has 0 spiro atoms. The fourth-order valence-corrected chi connectivity index (χ4v) is 20.1. The van der Waals surface area contributed by atoms with E-state index in [0.717, 1.165) is 34.1 Å². The van der Waals surface area contributed by atoms with E-state index in [1.165, 1.54) is 193 Å². The standard InChI is InChI=1S/C108H78N2/c1-65-31-42-74(43-32-65)109(75-44-33-67(34-45-75)71-39-51-85-83-25-14-16-29-97(83)106(2,3)99(85)60-71)78-50-56-93-95(63-78)102(73-41-53-87-94-54-38-69-20-10-11-22-80(69)105(94)108(6,7)101(87)62-73)92-55-49-79(64-96(92)104(93)91-58-57-90-82-24-13-12-23-81(82)88-27-18-28-89(91)103(88)90)110(77-48-37-66-19-8-9-21-70(66)59-77)76-46-35-68(36-47-76)72-40-52-86-84-26-15-17-30-98(84)107(4,5)100(86)61-72/h8-64H,1-7H3. The van der Waals surface area contributed by atoms with Gasteiger partial charge in [-0.1, -0.05) is 302 Å². The highest BCUT2D eigenvalue weighted by Gasteiger charge is 2.40. The van der Waals surface area contributed by atoms with Crippen molar-refractivity contribution in [1.29, 1.82) is 0 Å². The van der Waals surface area contributed by atoms with Crippen LogP contribution in [0.3, 0.4) is 0 Å². The van der Waals surface area contributed by atoms with Gasteiger partial charge in [-0.15, -0.1) is 0 Å². The van der Waals surface area contributed by atoms with Gasteiger partial charge >= 0.3 is 0 Å². The van der Waals surface area contributed by atoms with E-state index in [1.807, 2.05) is 0 Å². The van der Waals surface area contributed by atoms with E-state index >= 15 is 0 Å². The fraction of sp³-hybridized carbons (Fsp3) is 0.0926. The molecule has 0 radical (unpaired) electrons. The third kappa shape index (κ3) is 9.42. The number of nitrogens with zero attached hydrogens (tertiary/aromatic N) is 2. The van der Waals surface area contributed by atoms with E-state index < -0.39 is 0 Å². The zero-order chi connectivity index (χ0) is 73.6. The predicted molar refractivity (Wildman–Crippen MR) is 467 cm³/mol. The highest BCUT2D eigenvalue weighted by atomic mass is 15.1. The number of hydrogen-bond donors (Lipinski definition) is 0. The van der Waals surface area contributed by atoms with Gasteiger partial charge in [-0.3, -0.25) is 0 Å². The van der Waals surface area contributed by atoms with E-state index in [-0.39, 0.29) is 16.2 Å². The van der Waals surface area contributed by atoms with E-state index in [9.17, 15) is 0 Å². The number of rotatable bonds is 10. The van der Waals surface area contributed by atoms with Crippen LogP contribution in [0.15, 0.2) is 346 Å². The average Bonchev–Trinajstić information content (AvgIpc) is 1.30. The average molecular weight is 1400 g/mol. The molecule has 0 N–H and O–H groups in total. The Morgan fingerprint density at radius 3 is 1.20 bits per heavy atom. The summed E-state index contributed by atoms with van der Waals surface area (Å²) in [5, 5.41) is 12.2. The molecule has 0 bridgehead atoms. The van der Waals surface area contributed by atoms with Crippen molar-refractivity contribution in [3.05, 3.63) is 385 Å². The summed E-state index contributed by atoms with van der Waals surface area (Å²) < 4.78 is 0. The van der Waals surface area contributed by atoms with Gasteiger partial charge in [-0.05, 0) is 285 Å². The van der Waals surface area contributed by atoms with Crippen LogP contribution in [0.25, 0.3) is 154 Å². The van der Waals surface area contributed by atoms with E-state index in [4.69, 9.17) is 0 Å². The van der Waals surface area contributed by atoms with E-state index in [1.54, 1.807) is 0 Å². The lowest BCUT2D eigenvalue weighted by Crippen LogP contribution is -2.15. The first-order valence-electron chi connectivity index (χ1n) is 38.9. The highest BCUT2D eigenvalue weighted by Crippen LogP contribution is 2.58. The van der Waals surface area contributed by atoms with Crippen molar-refractivity contribution < 1.29 is 0 Å². The summed E-state index contributed by atoms with van der Waals surface area (Å²) in [6.45, 7) is 16.6. The topological polar surface area (TPSA) is 6.48 Å². The first kappa shape index (κ1) is 64.1. The van der Waals surface area contributed by atoms with Crippen LogP contribution in [-0.4, -0.2) is 0 Å². The molecule has 2 nitrogen and oxygen atoms in total. The van der Waals surface area contributed by atoms with Crippen LogP contribution in [0.2, 0.25) is 0 Å². The Bertz CT molecular complexity index is 6950. The second kappa shape index (κ2) is 23.7. The summed E-state index contributed by atoms with van der Waals surface area (Å²) >= 11 is 0. The van der Waals surface area contributed by atoms with Crippen LogP contribution < -0.4 is 9.80 Å². The molecule has 4 aliphatic carbocycles. The summed E-state index contributed by atoms with van der Waals surface area (Å²) in [6, 6.07) is 132. The van der Waals surface area contributed by atoms with Crippen LogP contribution >= 0.6 is 0 Å². The number of hydrogen-bond acceptors (Lipinski definition) is 2. The minimum absolute atomic E-state index is 0.106. The molecule has 22 rings (SSSR count). The van der Waals surface area contributed by atoms with Gasteiger partial charge in [-0.25, -0.2) is 0 Å². The quantitative estimate of drug-likeness (QED) is 0.126. The zero-order valence-corrected chi connectivity index (χ0v) is 62.8. The van der Waals surface area contributed by atoms with Crippen molar-refractivity contribution in [2.45, 2.75) is 64.7 Å². The van der Waals surface area contributed by atoms with Crippen molar-refractivity contribution in [1.82, 2.24) is 0 Å². The molecule has 0 saturated carbocycles. The summed E-state index contributed by atoms with van der Waals surface area (Å²) in [4.78, 5) is 4.97. The maximum Gasteiger partial charge on any atom is 0.0468 e. The van der Waals surface area contributed by atoms with Gasteiger partial charge in [0.1, 0.15) is 0 Å². The Morgan fingerprint density at radius 2 is 0.582 bits per heavy atom. The van der Waals surface area contributed by atoms with Crippen LogP contribution in [0.4, 0.5) is 34.1 Å². The normalized spacial score (nSPS) is 14.0. The maximum absolute atomic E-state index is 2.56. The summed E-state index contributed by atoms with van der Waals surface area (Å²) in [5.41, 5.74) is 38.1. The first-order valence-corrected chi connectivity index (χ1v) is 38.9. The molecule has 0 amide bonds. The molecule has 0 atom stereocenters. The molecule has 110 heavy (non-hydrogen) atoms. The maximum atomic E-state index is 2.56. The first-order chi connectivity index (χ1) is 53.7. The lowest BCUT2D eigenvalue weighted by atomic mass is 9.78. The Hall–Kier alpha value is -13.1. The number of anilines is 6. The van der Waals surface area contributed by atoms with Crippen molar-refractivity contribution >= 4 is 88.0 Å². The molecule has 0 saturated heterocycles. The third-order valence-corrected chi connectivity index (χ3v) is 25.6. The van der Waals surface area contributed by atoms with Crippen LogP contribution in [-0.2, 0) is 16.2 Å². The Balaban J connectivity index is 0.786. The molecular weight excluding hydrogens is 1330 g/mol. The fourth-order valence-electron chi connectivity index (χ4n) is 20.1. The summed E-state index contributed by atoms with van der Waals surface area (Å²) in [5.74, 6) is 0. The van der Waals surface area contributed by atoms with Gasteiger partial charge in [0.25, 0.3) is 0 Å². The van der Waals surface area contributed by atoms with E-state index in [2.05, 4.69) is 404 Å². The smallest absolute Gasteiger partial charge is 0.0468 e. The molecule has 2 heteroatoms. The van der Waals surface area contributed by atoms with Gasteiger partial charge < -0.3 is 9.80 Å². The number of fused-ring (bicyclic) bond motifs is 17. The largest absolute Gasteiger partial charge is 0.310 e. The van der Waals surface area contributed by atoms with Crippen molar-refractivity contribution in [3.63, 3.8) is 0 Å². The van der Waals surface area contributed by atoms with Crippen LogP contribution in [0.1, 0.15) is 80.5 Å².